The standard InChI is InChI=1S/C31H30FN5O5/c32-25-10-9-20-18-23(25)24-17-19(8-11-26(24)38)12-14-33-27(39)7-3-15-37(16-4-13-34-29(20)40)31(42)28-21-5-1-2-6-22(21)30(41)36-35-28/h1-2,5-6,8-11,17-18,38H,3-4,7,12-16H2,(H,33,39)(H,34,40)(H,36,41). The van der Waals surface area contributed by atoms with Crippen LogP contribution in [-0.2, 0) is 11.2 Å². The average Bonchev–Trinajstić information content (AvgIpc) is 2.99. The summed E-state index contributed by atoms with van der Waals surface area (Å²) in [5, 5.41) is 23.3. The molecule has 0 aliphatic carbocycles. The van der Waals surface area contributed by atoms with Crippen molar-refractivity contribution in [2.24, 2.45) is 0 Å². The number of phenols is 1. The number of nitrogens with zero attached hydrogens (tertiary/aromatic N) is 2. The van der Waals surface area contributed by atoms with Gasteiger partial charge in [-0.2, -0.15) is 5.10 Å². The Labute approximate surface area is 240 Å². The predicted molar refractivity (Wildman–Crippen MR) is 155 cm³/mol. The number of carbonyl (C=O) groups excluding carboxylic acids is 3. The summed E-state index contributed by atoms with van der Waals surface area (Å²) in [6.45, 7) is 1.06. The van der Waals surface area contributed by atoms with E-state index in [1.54, 1.807) is 41.3 Å². The minimum absolute atomic E-state index is 0.0846. The lowest BCUT2D eigenvalue weighted by atomic mass is 9.98. The molecule has 4 aromatic rings. The summed E-state index contributed by atoms with van der Waals surface area (Å²) in [5.74, 6) is -1.72. The molecule has 0 unspecified atom stereocenters. The third kappa shape index (κ3) is 6.30. The zero-order chi connectivity index (χ0) is 29.6. The molecule has 1 aliphatic rings. The van der Waals surface area contributed by atoms with Gasteiger partial charge in [0.2, 0.25) is 5.91 Å². The van der Waals surface area contributed by atoms with Gasteiger partial charge in [-0.3, -0.25) is 19.2 Å². The second-order valence-corrected chi connectivity index (χ2v) is 10.1. The van der Waals surface area contributed by atoms with Gasteiger partial charge >= 0.3 is 0 Å². The van der Waals surface area contributed by atoms with Crippen LogP contribution in [0.1, 0.15) is 45.7 Å². The number of aromatic nitrogens is 2. The molecule has 216 valence electrons. The number of rotatable bonds is 1. The van der Waals surface area contributed by atoms with Crippen LogP contribution in [0.15, 0.2) is 65.5 Å². The number of halogens is 1. The van der Waals surface area contributed by atoms with E-state index in [0.29, 0.717) is 36.6 Å². The fourth-order valence-corrected chi connectivity index (χ4v) is 5.01. The molecule has 4 N–H and O–H groups in total. The number of nitrogens with one attached hydrogen (secondary N) is 3. The molecule has 1 aromatic heterocycles. The lowest BCUT2D eigenvalue weighted by Crippen LogP contribution is -2.37. The first-order valence-electron chi connectivity index (χ1n) is 13.7. The summed E-state index contributed by atoms with van der Waals surface area (Å²) >= 11 is 0. The van der Waals surface area contributed by atoms with Crippen molar-refractivity contribution < 1.29 is 23.9 Å². The van der Waals surface area contributed by atoms with Gasteiger partial charge in [0.25, 0.3) is 17.4 Å². The molecular formula is C31H30FN5O5. The Morgan fingerprint density at radius 2 is 1.64 bits per heavy atom. The van der Waals surface area contributed by atoms with Crippen LogP contribution in [0.3, 0.4) is 0 Å². The summed E-state index contributed by atoms with van der Waals surface area (Å²) in [5.41, 5.74) is 1.03. The average molecular weight is 572 g/mol. The summed E-state index contributed by atoms with van der Waals surface area (Å²) in [4.78, 5) is 52.9. The number of fused-ring (bicyclic) bond motifs is 6. The summed E-state index contributed by atoms with van der Waals surface area (Å²) in [6.07, 6.45) is 1.40. The molecule has 0 saturated heterocycles. The van der Waals surface area contributed by atoms with Gasteiger partial charge < -0.3 is 20.6 Å². The first-order chi connectivity index (χ1) is 20.3. The highest BCUT2D eigenvalue weighted by molar-refractivity contribution is 6.04. The van der Waals surface area contributed by atoms with Gasteiger partial charge in [0.1, 0.15) is 11.6 Å². The lowest BCUT2D eigenvalue weighted by Gasteiger charge is -2.23. The minimum atomic E-state index is -0.587. The lowest BCUT2D eigenvalue weighted by molar-refractivity contribution is -0.121. The van der Waals surface area contributed by atoms with E-state index in [-0.39, 0.29) is 60.1 Å². The number of benzene rings is 3. The Bertz CT molecular complexity index is 1720. The normalized spacial score (nSPS) is 15.2. The van der Waals surface area contributed by atoms with Crippen molar-refractivity contribution >= 4 is 28.5 Å². The predicted octanol–water partition coefficient (Wildman–Crippen LogP) is 3.15. The number of carbonyl (C=O) groups is 3. The Balaban J connectivity index is 1.39. The van der Waals surface area contributed by atoms with E-state index >= 15 is 0 Å². The Morgan fingerprint density at radius 1 is 0.857 bits per heavy atom. The first kappa shape index (κ1) is 28.5. The van der Waals surface area contributed by atoms with Gasteiger partial charge in [-0.05, 0) is 61.2 Å². The third-order valence-corrected chi connectivity index (χ3v) is 7.22. The van der Waals surface area contributed by atoms with E-state index in [1.807, 2.05) is 0 Å². The van der Waals surface area contributed by atoms with E-state index < -0.39 is 23.2 Å². The SMILES string of the molecule is O=C1CCCN(C(=O)c2n[nH]c(=O)c3ccccc23)CCCNC(=O)c2ccc(F)c(c2)-c2cc(ccc2O)CCN1. The molecule has 1 aliphatic heterocycles. The summed E-state index contributed by atoms with van der Waals surface area (Å²) in [7, 11) is 0. The molecule has 5 rings (SSSR count). The molecule has 3 amide bonds. The van der Waals surface area contributed by atoms with Crippen LogP contribution in [0.5, 0.6) is 5.75 Å². The number of amides is 3. The van der Waals surface area contributed by atoms with Crippen LogP contribution in [-0.4, -0.2) is 64.1 Å². The van der Waals surface area contributed by atoms with Crippen molar-refractivity contribution in [3.05, 3.63) is 93.7 Å². The Hall–Kier alpha value is -5.06. The monoisotopic (exact) mass is 571 g/mol. The van der Waals surface area contributed by atoms with Crippen molar-refractivity contribution in [2.75, 3.05) is 26.2 Å². The van der Waals surface area contributed by atoms with E-state index in [9.17, 15) is 28.7 Å². The molecular weight excluding hydrogens is 541 g/mol. The third-order valence-electron chi connectivity index (χ3n) is 7.22. The highest BCUT2D eigenvalue weighted by atomic mass is 19.1. The van der Waals surface area contributed by atoms with Crippen molar-refractivity contribution in [1.82, 2.24) is 25.7 Å². The minimum Gasteiger partial charge on any atom is -0.507 e. The number of H-pyrrole nitrogens is 1. The molecule has 0 atom stereocenters. The number of phenolic OH excluding ortho intramolecular Hbond substituents is 1. The number of hydrogen-bond donors (Lipinski definition) is 4. The largest absolute Gasteiger partial charge is 0.507 e. The van der Waals surface area contributed by atoms with Crippen molar-refractivity contribution in [3.8, 4) is 16.9 Å². The Morgan fingerprint density at radius 3 is 2.48 bits per heavy atom. The molecule has 11 heteroatoms. The molecule has 2 heterocycles. The van der Waals surface area contributed by atoms with Crippen LogP contribution in [0.4, 0.5) is 4.39 Å². The van der Waals surface area contributed by atoms with Gasteiger partial charge in [-0.25, -0.2) is 9.49 Å². The van der Waals surface area contributed by atoms with Gasteiger partial charge in [0, 0.05) is 54.7 Å². The maximum Gasteiger partial charge on any atom is 0.274 e. The topological polar surface area (TPSA) is 144 Å². The molecule has 0 saturated carbocycles. The zero-order valence-corrected chi connectivity index (χ0v) is 22.8. The second-order valence-electron chi connectivity index (χ2n) is 10.1. The van der Waals surface area contributed by atoms with E-state index in [2.05, 4.69) is 20.8 Å². The number of aromatic hydroxyl groups is 1. The molecule has 0 fully saturated rings. The highest BCUT2D eigenvalue weighted by Crippen LogP contribution is 2.33. The quantitative estimate of drug-likeness (QED) is 0.276. The van der Waals surface area contributed by atoms with Crippen LogP contribution in [0.2, 0.25) is 0 Å². The van der Waals surface area contributed by atoms with Gasteiger partial charge in [-0.15, -0.1) is 0 Å². The first-order valence-corrected chi connectivity index (χ1v) is 13.7. The van der Waals surface area contributed by atoms with Crippen LogP contribution < -0.4 is 16.2 Å². The number of aromatic amines is 1. The van der Waals surface area contributed by atoms with E-state index in [0.717, 1.165) is 5.56 Å². The smallest absolute Gasteiger partial charge is 0.274 e. The van der Waals surface area contributed by atoms with Crippen molar-refractivity contribution in [1.29, 1.82) is 0 Å². The highest BCUT2D eigenvalue weighted by Gasteiger charge is 2.21. The number of hydrogen-bond acceptors (Lipinski definition) is 6. The van der Waals surface area contributed by atoms with Crippen molar-refractivity contribution in [2.45, 2.75) is 25.7 Å². The van der Waals surface area contributed by atoms with Crippen molar-refractivity contribution in [3.63, 3.8) is 0 Å². The van der Waals surface area contributed by atoms with E-state index in [1.165, 1.54) is 24.3 Å². The molecule has 4 bridgehead atoms. The molecule has 0 radical (unpaired) electrons. The van der Waals surface area contributed by atoms with Gasteiger partial charge in [-0.1, -0.05) is 24.3 Å². The van der Waals surface area contributed by atoms with E-state index in [4.69, 9.17) is 0 Å². The molecule has 10 nitrogen and oxygen atoms in total. The van der Waals surface area contributed by atoms with Gasteiger partial charge in [0.15, 0.2) is 5.69 Å². The molecule has 42 heavy (non-hydrogen) atoms. The van der Waals surface area contributed by atoms with Crippen LogP contribution >= 0.6 is 0 Å². The van der Waals surface area contributed by atoms with Gasteiger partial charge in [0.05, 0.1) is 5.39 Å². The fourth-order valence-electron chi connectivity index (χ4n) is 5.01. The Kier molecular flexibility index (Phi) is 8.56. The fraction of sp³-hybridized carbons (Fsp3) is 0.258. The zero-order valence-electron chi connectivity index (χ0n) is 22.8. The maximum absolute atomic E-state index is 14.8. The molecule has 3 aromatic carbocycles. The van der Waals surface area contributed by atoms with Crippen LogP contribution in [0.25, 0.3) is 21.9 Å². The molecule has 0 spiro atoms. The van der Waals surface area contributed by atoms with Crippen LogP contribution in [0, 0.1) is 5.82 Å². The summed E-state index contributed by atoms with van der Waals surface area (Å²) in [6, 6.07) is 15.5. The second kappa shape index (κ2) is 12.6. The summed E-state index contributed by atoms with van der Waals surface area (Å²) < 4.78 is 14.8. The maximum atomic E-state index is 14.8.